The van der Waals surface area contributed by atoms with Gasteiger partial charge in [-0.3, -0.25) is 19.3 Å². The highest BCUT2D eigenvalue weighted by Crippen LogP contribution is 2.25. The first-order valence-electron chi connectivity index (χ1n) is 9.20. The van der Waals surface area contributed by atoms with Crippen LogP contribution in [0.3, 0.4) is 0 Å². The van der Waals surface area contributed by atoms with Crippen molar-refractivity contribution in [2.24, 2.45) is 0 Å². The Labute approximate surface area is 162 Å². The normalized spacial score (nSPS) is 16.6. The first kappa shape index (κ1) is 18.2. The van der Waals surface area contributed by atoms with Gasteiger partial charge in [0.2, 0.25) is 5.91 Å². The van der Waals surface area contributed by atoms with Crippen LogP contribution in [0.15, 0.2) is 42.5 Å². The summed E-state index contributed by atoms with van der Waals surface area (Å²) in [5, 5.41) is 0. The number of hydrogen-bond acceptors (Lipinski definition) is 4. The van der Waals surface area contributed by atoms with Crippen LogP contribution in [0, 0.1) is 12.7 Å². The van der Waals surface area contributed by atoms with Gasteiger partial charge < -0.3 is 9.80 Å². The quantitative estimate of drug-likeness (QED) is 0.764. The smallest absolute Gasteiger partial charge is 0.265 e. The molecule has 0 saturated carbocycles. The lowest BCUT2D eigenvalue weighted by Crippen LogP contribution is -2.52. The minimum Gasteiger partial charge on any atom is -0.368 e. The lowest BCUT2D eigenvalue weighted by Gasteiger charge is -2.36. The molecule has 3 amide bonds. The van der Waals surface area contributed by atoms with Gasteiger partial charge in [0.25, 0.3) is 11.8 Å². The molecule has 1 saturated heterocycles. The number of fused-ring (bicyclic) bond motifs is 1. The minimum atomic E-state index is -0.746. The fourth-order valence-electron chi connectivity index (χ4n) is 3.71. The molecule has 2 aromatic rings. The van der Waals surface area contributed by atoms with Crippen molar-refractivity contribution in [3.05, 3.63) is 65.0 Å². The van der Waals surface area contributed by atoms with Crippen LogP contribution in [-0.2, 0) is 4.79 Å². The third kappa shape index (κ3) is 3.13. The van der Waals surface area contributed by atoms with Crippen molar-refractivity contribution >= 4 is 23.4 Å². The maximum absolute atomic E-state index is 13.9. The van der Waals surface area contributed by atoms with E-state index in [2.05, 4.69) is 11.0 Å². The van der Waals surface area contributed by atoms with E-state index in [-0.39, 0.29) is 23.6 Å². The number of hydrogen-bond donors (Lipinski definition) is 0. The van der Waals surface area contributed by atoms with Gasteiger partial charge in [-0.2, -0.15) is 0 Å². The Bertz CT molecular complexity index is 967. The van der Waals surface area contributed by atoms with Crippen LogP contribution in [0.4, 0.5) is 10.1 Å². The number of imide groups is 1. The molecule has 4 rings (SSSR count). The van der Waals surface area contributed by atoms with Gasteiger partial charge in [-0.05, 0) is 36.8 Å². The van der Waals surface area contributed by atoms with Crippen LogP contribution in [0.25, 0.3) is 0 Å². The van der Waals surface area contributed by atoms with Gasteiger partial charge in [-0.1, -0.05) is 18.2 Å². The molecule has 0 radical (unpaired) electrons. The van der Waals surface area contributed by atoms with Crippen molar-refractivity contribution in [3.8, 4) is 0 Å². The molecule has 28 heavy (non-hydrogen) atoms. The van der Waals surface area contributed by atoms with E-state index in [1.807, 2.05) is 25.1 Å². The van der Waals surface area contributed by atoms with Gasteiger partial charge in [-0.25, -0.2) is 4.39 Å². The molecule has 2 aromatic carbocycles. The summed E-state index contributed by atoms with van der Waals surface area (Å²) >= 11 is 0. The van der Waals surface area contributed by atoms with E-state index < -0.39 is 17.6 Å². The van der Waals surface area contributed by atoms with Crippen LogP contribution in [0.5, 0.6) is 0 Å². The molecule has 7 heteroatoms. The van der Waals surface area contributed by atoms with Gasteiger partial charge >= 0.3 is 0 Å². The summed E-state index contributed by atoms with van der Waals surface area (Å²) in [7, 11) is 0. The molecule has 0 aromatic heterocycles. The number of aryl methyl sites for hydroxylation is 1. The van der Waals surface area contributed by atoms with Gasteiger partial charge in [0.15, 0.2) is 0 Å². The Hall–Kier alpha value is -3.22. The van der Waals surface area contributed by atoms with Gasteiger partial charge in [-0.15, -0.1) is 0 Å². The predicted octanol–water partition coefficient (Wildman–Crippen LogP) is 2.08. The van der Waals surface area contributed by atoms with E-state index in [9.17, 15) is 18.8 Å². The van der Waals surface area contributed by atoms with Crippen molar-refractivity contribution in [3.63, 3.8) is 0 Å². The molecule has 2 heterocycles. The molecule has 0 bridgehead atoms. The number of halogens is 1. The molecule has 0 spiro atoms. The maximum atomic E-state index is 13.9. The summed E-state index contributed by atoms with van der Waals surface area (Å²) in [6.45, 7) is 4.02. The molecule has 144 valence electrons. The molecule has 0 aliphatic carbocycles. The van der Waals surface area contributed by atoms with Crippen LogP contribution >= 0.6 is 0 Å². The highest BCUT2D eigenvalue weighted by atomic mass is 19.1. The van der Waals surface area contributed by atoms with Crippen molar-refractivity contribution in [2.45, 2.75) is 6.92 Å². The molecule has 2 aliphatic heterocycles. The van der Waals surface area contributed by atoms with Crippen molar-refractivity contribution in [1.29, 1.82) is 0 Å². The van der Waals surface area contributed by atoms with E-state index in [4.69, 9.17) is 0 Å². The number of carbonyl (C=O) groups is 3. The average Bonchev–Trinajstić information content (AvgIpc) is 2.94. The van der Waals surface area contributed by atoms with Crippen LogP contribution < -0.4 is 4.90 Å². The Morgan fingerprint density at radius 3 is 2.39 bits per heavy atom. The van der Waals surface area contributed by atoms with Gasteiger partial charge in [0.1, 0.15) is 12.4 Å². The highest BCUT2D eigenvalue weighted by molar-refractivity contribution is 6.22. The molecule has 1 fully saturated rings. The number of carbonyl (C=O) groups excluding carboxylic acids is 3. The number of benzene rings is 2. The Morgan fingerprint density at radius 2 is 1.71 bits per heavy atom. The van der Waals surface area contributed by atoms with Crippen molar-refractivity contribution in [1.82, 2.24) is 9.80 Å². The first-order chi connectivity index (χ1) is 13.5. The lowest BCUT2D eigenvalue weighted by molar-refractivity contribution is -0.131. The number of anilines is 1. The SMILES string of the molecule is Cc1cccc(N2CCN(C(=O)CN3C(=O)c4cccc(F)c4C3=O)CC2)c1. The van der Waals surface area contributed by atoms with Crippen LogP contribution in [0.1, 0.15) is 26.3 Å². The highest BCUT2D eigenvalue weighted by Gasteiger charge is 2.39. The number of nitrogens with zero attached hydrogens (tertiary/aromatic N) is 3. The third-order valence-corrected chi connectivity index (χ3v) is 5.24. The summed E-state index contributed by atoms with van der Waals surface area (Å²) < 4.78 is 13.9. The molecular formula is C21H20FN3O3. The monoisotopic (exact) mass is 381 g/mol. The average molecular weight is 381 g/mol. The largest absolute Gasteiger partial charge is 0.368 e. The Balaban J connectivity index is 1.40. The summed E-state index contributed by atoms with van der Waals surface area (Å²) in [4.78, 5) is 42.1. The fourth-order valence-corrected chi connectivity index (χ4v) is 3.71. The first-order valence-corrected chi connectivity index (χ1v) is 9.20. The zero-order chi connectivity index (χ0) is 19.8. The van der Waals surface area contributed by atoms with E-state index in [0.29, 0.717) is 26.2 Å². The zero-order valence-electron chi connectivity index (χ0n) is 15.5. The van der Waals surface area contributed by atoms with Crippen molar-refractivity contribution in [2.75, 3.05) is 37.6 Å². The van der Waals surface area contributed by atoms with E-state index >= 15 is 0 Å². The lowest BCUT2D eigenvalue weighted by atomic mass is 10.1. The minimum absolute atomic E-state index is 0.0158. The second-order valence-corrected chi connectivity index (χ2v) is 7.07. The molecule has 0 atom stereocenters. The molecule has 0 N–H and O–H groups in total. The summed E-state index contributed by atoms with van der Waals surface area (Å²) in [5.74, 6) is -2.41. The second-order valence-electron chi connectivity index (χ2n) is 7.07. The second kappa shape index (κ2) is 7.07. The number of piperazine rings is 1. The third-order valence-electron chi connectivity index (χ3n) is 5.24. The van der Waals surface area contributed by atoms with E-state index in [0.717, 1.165) is 16.7 Å². The van der Waals surface area contributed by atoms with Crippen LogP contribution in [0.2, 0.25) is 0 Å². The van der Waals surface area contributed by atoms with Gasteiger partial charge in [0, 0.05) is 31.9 Å². The molecule has 0 unspecified atom stereocenters. The Morgan fingerprint density at radius 1 is 1.00 bits per heavy atom. The summed E-state index contributed by atoms with van der Waals surface area (Å²) in [6, 6.07) is 12.1. The summed E-state index contributed by atoms with van der Waals surface area (Å²) in [6.07, 6.45) is 0. The van der Waals surface area contributed by atoms with Crippen molar-refractivity contribution < 1.29 is 18.8 Å². The molecule has 6 nitrogen and oxygen atoms in total. The number of amides is 3. The topological polar surface area (TPSA) is 60.9 Å². The van der Waals surface area contributed by atoms with E-state index in [1.54, 1.807) is 4.90 Å². The van der Waals surface area contributed by atoms with Gasteiger partial charge in [0.05, 0.1) is 11.1 Å². The Kier molecular flexibility index (Phi) is 4.58. The summed E-state index contributed by atoms with van der Waals surface area (Å²) in [5.41, 5.74) is 2.06. The fraction of sp³-hybridized carbons (Fsp3) is 0.286. The predicted molar refractivity (Wildman–Crippen MR) is 102 cm³/mol. The molecular weight excluding hydrogens is 361 g/mol. The number of rotatable bonds is 3. The van der Waals surface area contributed by atoms with E-state index in [1.165, 1.54) is 17.7 Å². The standard InChI is InChI=1S/C21H20FN3O3/c1-14-4-2-5-15(12-14)23-8-10-24(11-9-23)18(26)13-25-20(27)16-6-3-7-17(22)19(16)21(25)28/h2-7,12H,8-11,13H2,1H3. The maximum Gasteiger partial charge on any atom is 0.265 e. The van der Waals surface area contributed by atoms with Crippen LogP contribution in [-0.4, -0.2) is 60.2 Å². The zero-order valence-corrected chi connectivity index (χ0v) is 15.5. The molecule has 2 aliphatic rings.